The molecule has 3 heteroatoms. The Kier molecular flexibility index (Phi) is 4.25. The minimum absolute atomic E-state index is 0.660. The molecule has 2 rings (SSSR count). The van der Waals surface area contributed by atoms with Gasteiger partial charge in [0.05, 0.1) is 0 Å². The van der Waals surface area contributed by atoms with Crippen LogP contribution in [0, 0.1) is 0 Å². The average Bonchev–Trinajstić information content (AvgIpc) is 2.92. The summed E-state index contributed by atoms with van der Waals surface area (Å²) in [6, 6.07) is 0.660. The van der Waals surface area contributed by atoms with Crippen LogP contribution in [0.25, 0.3) is 0 Å². The van der Waals surface area contributed by atoms with Gasteiger partial charge in [0, 0.05) is 25.0 Å². The van der Waals surface area contributed by atoms with Gasteiger partial charge in [0.15, 0.2) is 0 Å². The number of hydrogen-bond acceptors (Lipinski definition) is 2. The molecule has 0 amide bonds. The SMILES string of the molecule is CCCCCn1ccnc1NC1CCCC1. The zero-order valence-electron chi connectivity index (χ0n) is 10.3. The lowest BCUT2D eigenvalue weighted by Gasteiger charge is -2.14. The van der Waals surface area contributed by atoms with Gasteiger partial charge >= 0.3 is 0 Å². The fourth-order valence-electron chi connectivity index (χ4n) is 2.41. The van der Waals surface area contributed by atoms with Crippen LogP contribution in [-0.4, -0.2) is 15.6 Å². The summed E-state index contributed by atoms with van der Waals surface area (Å²) < 4.78 is 2.26. The van der Waals surface area contributed by atoms with Crippen LogP contribution in [0.4, 0.5) is 5.95 Å². The van der Waals surface area contributed by atoms with Gasteiger partial charge in [0.2, 0.25) is 5.95 Å². The summed E-state index contributed by atoms with van der Waals surface area (Å²) >= 11 is 0. The smallest absolute Gasteiger partial charge is 0.202 e. The maximum Gasteiger partial charge on any atom is 0.202 e. The van der Waals surface area contributed by atoms with E-state index in [4.69, 9.17) is 0 Å². The molecule has 16 heavy (non-hydrogen) atoms. The van der Waals surface area contributed by atoms with Crippen molar-refractivity contribution in [3.05, 3.63) is 12.4 Å². The zero-order chi connectivity index (χ0) is 11.2. The molecule has 1 N–H and O–H groups in total. The van der Waals surface area contributed by atoms with Crippen molar-refractivity contribution in [1.82, 2.24) is 9.55 Å². The highest BCUT2D eigenvalue weighted by Crippen LogP contribution is 2.21. The van der Waals surface area contributed by atoms with Crippen molar-refractivity contribution in [3.8, 4) is 0 Å². The second-order valence-electron chi connectivity index (χ2n) is 4.78. The van der Waals surface area contributed by atoms with Crippen LogP contribution in [0.2, 0.25) is 0 Å². The molecule has 3 nitrogen and oxygen atoms in total. The van der Waals surface area contributed by atoms with E-state index in [9.17, 15) is 0 Å². The molecule has 1 fully saturated rings. The van der Waals surface area contributed by atoms with Crippen LogP contribution in [0.3, 0.4) is 0 Å². The molecule has 90 valence electrons. The van der Waals surface area contributed by atoms with Gasteiger partial charge in [-0.1, -0.05) is 32.6 Å². The van der Waals surface area contributed by atoms with Crippen LogP contribution in [0.5, 0.6) is 0 Å². The van der Waals surface area contributed by atoms with E-state index < -0.39 is 0 Å². The Labute approximate surface area is 98.3 Å². The standard InChI is InChI=1S/C13H23N3/c1-2-3-6-10-16-11-9-14-13(16)15-12-7-4-5-8-12/h9,11-12H,2-8,10H2,1H3,(H,14,15). The van der Waals surface area contributed by atoms with Crippen LogP contribution in [0.15, 0.2) is 12.4 Å². The normalized spacial score (nSPS) is 16.8. The highest BCUT2D eigenvalue weighted by molar-refractivity contribution is 5.27. The molecule has 1 aliphatic rings. The molecule has 0 aliphatic heterocycles. The molecule has 0 spiro atoms. The molecule has 1 aliphatic carbocycles. The molecule has 1 heterocycles. The van der Waals surface area contributed by atoms with E-state index in [-0.39, 0.29) is 0 Å². The van der Waals surface area contributed by atoms with Gasteiger partial charge in [0.25, 0.3) is 0 Å². The topological polar surface area (TPSA) is 29.9 Å². The predicted molar refractivity (Wildman–Crippen MR) is 67.6 cm³/mol. The summed E-state index contributed by atoms with van der Waals surface area (Å²) in [5.74, 6) is 1.07. The Morgan fingerprint density at radius 3 is 2.94 bits per heavy atom. The molecule has 0 radical (unpaired) electrons. The maximum absolute atomic E-state index is 4.41. The molecular formula is C13H23N3. The lowest BCUT2D eigenvalue weighted by molar-refractivity contribution is 0.599. The van der Waals surface area contributed by atoms with Crippen molar-refractivity contribution in [1.29, 1.82) is 0 Å². The minimum atomic E-state index is 0.660. The Balaban J connectivity index is 1.85. The van der Waals surface area contributed by atoms with Gasteiger partial charge < -0.3 is 9.88 Å². The molecule has 1 saturated carbocycles. The second kappa shape index (κ2) is 5.92. The van der Waals surface area contributed by atoms with Crippen LogP contribution >= 0.6 is 0 Å². The van der Waals surface area contributed by atoms with Crippen molar-refractivity contribution in [2.24, 2.45) is 0 Å². The summed E-state index contributed by atoms with van der Waals surface area (Å²) in [6.07, 6.45) is 13.2. The van der Waals surface area contributed by atoms with E-state index >= 15 is 0 Å². The first-order chi connectivity index (χ1) is 7.90. The van der Waals surface area contributed by atoms with Crippen molar-refractivity contribution in [2.45, 2.75) is 64.5 Å². The number of anilines is 1. The third kappa shape index (κ3) is 3.00. The van der Waals surface area contributed by atoms with Crippen LogP contribution in [-0.2, 0) is 6.54 Å². The molecule has 0 aromatic carbocycles. The Bertz CT molecular complexity index is 300. The third-order valence-corrected chi connectivity index (χ3v) is 3.41. The third-order valence-electron chi connectivity index (χ3n) is 3.41. The first-order valence-corrected chi connectivity index (χ1v) is 6.68. The number of rotatable bonds is 6. The minimum Gasteiger partial charge on any atom is -0.353 e. The fraction of sp³-hybridized carbons (Fsp3) is 0.769. The summed E-state index contributed by atoms with van der Waals surface area (Å²) in [5, 5.41) is 3.57. The summed E-state index contributed by atoms with van der Waals surface area (Å²) in [6.45, 7) is 3.34. The predicted octanol–water partition coefficient (Wildman–Crippen LogP) is 3.43. The first kappa shape index (κ1) is 11.5. The lowest BCUT2D eigenvalue weighted by atomic mass is 10.2. The van der Waals surface area contributed by atoms with Gasteiger partial charge in [0.1, 0.15) is 0 Å². The van der Waals surface area contributed by atoms with Crippen LogP contribution in [0.1, 0.15) is 51.9 Å². The van der Waals surface area contributed by atoms with E-state index in [2.05, 4.69) is 28.0 Å². The van der Waals surface area contributed by atoms with E-state index in [1.807, 2.05) is 6.20 Å². The molecule has 1 aromatic heterocycles. The van der Waals surface area contributed by atoms with Crippen molar-refractivity contribution in [2.75, 3.05) is 5.32 Å². The monoisotopic (exact) mass is 221 g/mol. The summed E-state index contributed by atoms with van der Waals surface area (Å²) in [5.41, 5.74) is 0. The molecule has 0 bridgehead atoms. The van der Waals surface area contributed by atoms with Gasteiger partial charge in [-0.2, -0.15) is 0 Å². The van der Waals surface area contributed by atoms with Gasteiger partial charge in [-0.05, 0) is 19.3 Å². The largest absolute Gasteiger partial charge is 0.353 e. The van der Waals surface area contributed by atoms with E-state index in [0.29, 0.717) is 6.04 Å². The van der Waals surface area contributed by atoms with Crippen molar-refractivity contribution < 1.29 is 0 Å². The number of nitrogens with one attached hydrogen (secondary N) is 1. The number of imidazole rings is 1. The molecule has 0 unspecified atom stereocenters. The Hall–Kier alpha value is -0.990. The number of aromatic nitrogens is 2. The molecule has 1 aromatic rings. The van der Waals surface area contributed by atoms with E-state index in [0.717, 1.165) is 12.5 Å². The number of unbranched alkanes of at least 4 members (excludes halogenated alkanes) is 2. The average molecular weight is 221 g/mol. The second-order valence-corrected chi connectivity index (χ2v) is 4.78. The number of hydrogen-bond donors (Lipinski definition) is 1. The molecular weight excluding hydrogens is 198 g/mol. The van der Waals surface area contributed by atoms with Crippen molar-refractivity contribution in [3.63, 3.8) is 0 Å². The van der Waals surface area contributed by atoms with Gasteiger partial charge in [-0.3, -0.25) is 0 Å². The first-order valence-electron chi connectivity index (χ1n) is 6.68. The number of aryl methyl sites for hydroxylation is 1. The van der Waals surface area contributed by atoms with Gasteiger partial charge in [-0.25, -0.2) is 4.98 Å². The molecule has 0 atom stereocenters. The van der Waals surface area contributed by atoms with E-state index in [1.54, 1.807) is 0 Å². The Morgan fingerprint density at radius 2 is 2.19 bits per heavy atom. The highest BCUT2D eigenvalue weighted by atomic mass is 15.2. The lowest BCUT2D eigenvalue weighted by Crippen LogP contribution is -2.18. The van der Waals surface area contributed by atoms with Crippen molar-refractivity contribution >= 4 is 5.95 Å². The number of nitrogens with zero attached hydrogens (tertiary/aromatic N) is 2. The highest BCUT2D eigenvalue weighted by Gasteiger charge is 2.16. The van der Waals surface area contributed by atoms with Crippen LogP contribution < -0.4 is 5.32 Å². The maximum atomic E-state index is 4.41. The van der Waals surface area contributed by atoms with Gasteiger partial charge in [-0.15, -0.1) is 0 Å². The van der Waals surface area contributed by atoms with E-state index in [1.165, 1.54) is 44.9 Å². The summed E-state index contributed by atoms with van der Waals surface area (Å²) in [4.78, 5) is 4.41. The quantitative estimate of drug-likeness (QED) is 0.746. The summed E-state index contributed by atoms with van der Waals surface area (Å²) in [7, 11) is 0. The Morgan fingerprint density at radius 1 is 1.38 bits per heavy atom. The molecule has 0 saturated heterocycles. The zero-order valence-corrected chi connectivity index (χ0v) is 10.3. The fourth-order valence-corrected chi connectivity index (χ4v) is 2.41.